The first-order valence-corrected chi connectivity index (χ1v) is 20.8. The van der Waals surface area contributed by atoms with Gasteiger partial charge in [-0.2, -0.15) is 0 Å². The highest BCUT2D eigenvalue weighted by atomic mass is 16.6. The van der Waals surface area contributed by atoms with E-state index in [9.17, 15) is 24.0 Å². The molecular formula is C44H77N5O10. The molecule has 338 valence electrons. The van der Waals surface area contributed by atoms with Crippen LogP contribution < -0.4 is 5.32 Å². The summed E-state index contributed by atoms with van der Waals surface area (Å²) in [6.07, 6.45) is 0.534. The van der Waals surface area contributed by atoms with E-state index in [1.54, 1.807) is 27.9 Å². The van der Waals surface area contributed by atoms with E-state index in [0.29, 0.717) is 65.4 Å². The van der Waals surface area contributed by atoms with Crippen molar-refractivity contribution in [2.75, 3.05) is 85.6 Å². The highest BCUT2D eigenvalue weighted by molar-refractivity contribution is 5.78. The van der Waals surface area contributed by atoms with Crippen LogP contribution in [0.2, 0.25) is 0 Å². The molecular weight excluding hydrogens is 759 g/mol. The van der Waals surface area contributed by atoms with Crippen LogP contribution in [0.5, 0.6) is 0 Å². The molecule has 1 heterocycles. The molecule has 1 aliphatic heterocycles. The average Bonchev–Trinajstić information content (AvgIpc) is 3.09. The van der Waals surface area contributed by atoms with Gasteiger partial charge in [-0.3, -0.25) is 34.0 Å². The molecule has 1 aliphatic rings. The Hall–Kier alpha value is -3.63. The van der Waals surface area contributed by atoms with Crippen LogP contribution in [0.25, 0.3) is 0 Å². The molecule has 0 aromatic heterocycles. The van der Waals surface area contributed by atoms with E-state index in [2.05, 4.69) is 10.2 Å². The summed E-state index contributed by atoms with van der Waals surface area (Å²) in [4.78, 5) is 72.0. The lowest BCUT2D eigenvalue weighted by Crippen LogP contribution is -2.52. The van der Waals surface area contributed by atoms with Crippen LogP contribution in [0.3, 0.4) is 0 Å². The van der Waals surface area contributed by atoms with E-state index in [-0.39, 0.29) is 44.1 Å². The summed E-state index contributed by atoms with van der Waals surface area (Å²) in [6.45, 7) is 27.5. The third-order valence-corrected chi connectivity index (χ3v) is 8.67. The quantitative estimate of drug-likeness (QED) is 0.153. The number of benzene rings is 1. The molecule has 0 bridgehead atoms. The fourth-order valence-electron chi connectivity index (χ4n) is 5.60. The van der Waals surface area contributed by atoms with Gasteiger partial charge in [-0.15, -0.1) is 0 Å². The van der Waals surface area contributed by atoms with E-state index < -0.39 is 40.9 Å². The van der Waals surface area contributed by atoms with Gasteiger partial charge in [-0.05, 0) is 95.1 Å². The van der Waals surface area contributed by atoms with E-state index >= 15 is 0 Å². The number of ether oxygens (including phenoxy) is 5. The molecule has 1 aromatic carbocycles. The summed E-state index contributed by atoms with van der Waals surface area (Å²) in [5, 5.41) is 2.82. The summed E-state index contributed by atoms with van der Waals surface area (Å²) >= 11 is 0. The normalized spacial score (nSPS) is 16.6. The monoisotopic (exact) mass is 836 g/mol. The number of rotatable bonds is 14. The van der Waals surface area contributed by atoms with Gasteiger partial charge < -0.3 is 33.8 Å². The SMILES string of the molecule is CC(C)(C)OC(=O)CN1CCN(CCNC(=O)OC(C)(C)C)CCN(CC=O)CCN(C(CCC(=O)OCc2ccccc2)C(=O)OC(C)(C)C)CC1.COC(C)(C)C. The lowest BCUT2D eigenvalue weighted by Gasteiger charge is -2.37. The first-order valence-electron chi connectivity index (χ1n) is 20.8. The standard InChI is InChI=1S/C39H65N5O9.C5H12O/c1-37(2,3)51-34(47)29-43-22-21-41(18-17-40-36(49)53-39(7,8)9)19-20-42(27-28-45)23-25-44(26-24-43)32(35(48)52-38(4,5)6)15-16-33(46)50-30-31-13-11-10-12-14-31;1-5(2,3)6-4/h10-14,28,32H,15-27,29-30H2,1-9H3,(H,40,49);1-4H3. The lowest BCUT2D eigenvalue weighted by atomic mass is 10.1. The van der Waals surface area contributed by atoms with Crippen LogP contribution in [0.1, 0.15) is 101 Å². The number of hydrogen-bond acceptors (Lipinski definition) is 14. The first kappa shape index (κ1) is 53.4. The molecule has 0 spiro atoms. The Bertz CT molecular complexity index is 1400. The summed E-state index contributed by atoms with van der Waals surface area (Å²) < 4.78 is 27.4. The van der Waals surface area contributed by atoms with Crippen molar-refractivity contribution in [3.8, 4) is 0 Å². The van der Waals surface area contributed by atoms with Crippen molar-refractivity contribution in [2.24, 2.45) is 0 Å². The van der Waals surface area contributed by atoms with Crippen molar-refractivity contribution < 1.29 is 47.7 Å². The van der Waals surface area contributed by atoms with Crippen molar-refractivity contribution in [1.29, 1.82) is 0 Å². The summed E-state index contributed by atoms with van der Waals surface area (Å²) in [5.74, 6) is -1.24. The second-order valence-electron chi connectivity index (χ2n) is 18.7. The molecule has 1 aromatic rings. The maximum Gasteiger partial charge on any atom is 0.407 e. The van der Waals surface area contributed by atoms with Crippen LogP contribution >= 0.6 is 0 Å². The molecule has 59 heavy (non-hydrogen) atoms. The first-order chi connectivity index (χ1) is 27.3. The van der Waals surface area contributed by atoms with Gasteiger partial charge in [0, 0.05) is 79.0 Å². The Kier molecular flexibility index (Phi) is 23.4. The fraction of sp³-hybridized carbons (Fsp3) is 0.750. The molecule has 0 saturated carbocycles. The highest BCUT2D eigenvalue weighted by Crippen LogP contribution is 2.18. The number of alkyl carbamates (subject to hydrolysis) is 1. The molecule has 0 aliphatic carbocycles. The summed E-state index contributed by atoms with van der Waals surface area (Å²) in [5.41, 5.74) is -1.12. The van der Waals surface area contributed by atoms with Gasteiger partial charge in [0.15, 0.2) is 0 Å². The maximum atomic E-state index is 13.8. The second-order valence-corrected chi connectivity index (χ2v) is 18.7. The topological polar surface area (TPSA) is 156 Å². The minimum Gasteiger partial charge on any atom is -0.461 e. The second kappa shape index (κ2) is 25.9. The third kappa shape index (κ3) is 27.7. The lowest BCUT2D eigenvalue weighted by molar-refractivity contribution is -0.163. The Morgan fingerprint density at radius 1 is 0.678 bits per heavy atom. The number of aldehydes is 1. The van der Waals surface area contributed by atoms with Crippen LogP contribution in [0.4, 0.5) is 4.79 Å². The predicted molar refractivity (Wildman–Crippen MR) is 229 cm³/mol. The van der Waals surface area contributed by atoms with Crippen molar-refractivity contribution in [3.63, 3.8) is 0 Å². The minimum atomic E-state index is -0.779. The third-order valence-electron chi connectivity index (χ3n) is 8.67. The zero-order valence-corrected chi connectivity index (χ0v) is 38.5. The fourth-order valence-corrected chi connectivity index (χ4v) is 5.60. The van der Waals surface area contributed by atoms with Crippen molar-refractivity contribution >= 4 is 30.3 Å². The van der Waals surface area contributed by atoms with Gasteiger partial charge in [-0.25, -0.2) is 4.79 Å². The minimum absolute atomic E-state index is 0.000785. The molecule has 1 amide bonds. The number of carbonyl (C=O) groups excluding carboxylic acids is 5. The largest absolute Gasteiger partial charge is 0.461 e. The highest BCUT2D eigenvalue weighted by Gasteiger charge is 2.32. The van der Waals surface area contributed by atoms with Gasteiger partial charge in [0.1, 0.15) is 35.7 Å². The molecule has 1 unspecified atom stereocenters. The Morgan fingerprint density at radius 2 is 1.19 bits per heavy atom. The van der Waals surface area contributed by atoms with Crippen LogP contribution in [-0.2, 0) is 49.5 Å². The van der Waals surface area contributed by atoms with E-state index in [4.69, 9.17) is 23.7 Å². The maximum absolute atomic E-state index is 13.8. The molecule has 1 saturated heterocycles. The molecule has 1 N–H and O–H groups in total. The van der Waals surface area contributed by atoms with E-state index in [0.717, 1.165) is 11.8 Å². The number of amides is 1. The van der Waals surface area contributed by atoms with Gasteiger partial charge in [0.05, 0.1) is 18.7 Å². The molecule has 15 nitrogen and oxygen atoms in total. The summed E-state index contributed by atoms with van der Waals surface area (Å²) in [7, 11) is 1.71. The Labute approximate surface area is 354 Å². The van der Waals surface area contributed by atoms with Crippen LogP contribution in [0, 0.1) is 0 Å². The molecule has 0 radical (unpaired) electrons. The Morgan fingerprint density at radius 3 is 1.71 bits per heavy atom. The van der Waals surface area contributed by atoms with Gasteiger partial charge in [-0.1, -0.05) is 30.3 Å². The molecule has 15 heteroatoms. The number of methoxy groups -OCH3 is 1. The molecule has 1 atom stereocenters. The van der Waals surface area contributed by atoms with Crippen LogP contribution in [0.15, 0.2) is 30.3 Å². The van der Waals surface area contributed by atoms with Gasteiger partial charge >= 0.3 is 24.0 Å². The van der Waals surface area contributed by atoms with Crippen molar-refractivity contribution in [1.82, 2.24) is 24.9 Å². The number of hydrogen-bond donors (Lipinski definition) is 1. The number of carbonyl (C=O) groups is 5. The number of nitrogens with zero attached hydrogens (tertiary/aromatic N) is 4. The van der Waals surface area contributed by atoms with Crippen molar-refractivity contribution in [2.45, 2.75) is 131 Å². The van der Waals surface area contributed by atoms with Crippen LogP contribution in [-0.4, -0.2) is 164 Å². The predicted octanol–water partition coefficient (Wildman–Crippen LogP) is 4.94. The summed E-state index contributed by atoms with van der Waals surface area (Å²) in [6, 6.07) is 8.61. The number of nitrogens with one attached hydrogen (secondary N) is 1. The average molecular weight is 836 g/mol. The zero-order chi connectivity index (χ0) is 44.9. The van der Waals surface area contributed by atoms with Crippen molar-refractivity contribution in [3.05, 3.63) is 35.9 Å². The molecule has 1 fully saturated rings. The Balaban J connectivity index is 0.00000268. The number of esters is 3. The van der Waals surface area contributed by atoms with E-state index in [1.165, 1.54) is 0 Å². The van der Waals surface area contributed by atoms with E-state index in [1.807, 2.05) is 107 Å². The van der Waals surface area contributed by atoms with Gasteiger partial charge in [0.25, 0.3) is 0 Å². The zero-order valence-electron chi connectivity index (χ0n) is 38.5. The smallest absolute Gasteiger partial charge is 0.407 e. The molecule has 2 rings (SSSR count). The van der Waals surface area contributed by atoms with Gasteiger partial charge in [0.2, 0.25) is 0 Å².